The average Bonchev–Trinajstić information content (AvgIpc) is 3.27. The van der Waals surface area contributed by atoms with E-state index in [0.717, 1.165) is 31.5 Å². The Labute approximate surface area is 218 Å². The standard InChI is InChI=1S/C20H26ClF3N6O.C2HF3O2/c21-14-3-1-13(2-4-14)9-16-12-31-17(10-20(22,23)24)11-30(16)15-5-7-29(8-6-15)19-26-18(25)27-28-19;3-2(4,5)1(6)7/h1-4,15-17H,5-12H2,(H3,25,26,27,28);(H,6,7)/t16-,17-;/m0./s1. The molecule has 3 heterocycles. The summed E-state index contributed by atoms with van der Waals surface area (Å²) < 4.78 is 76.3. The van der Waals surface area contributed by atoms with E-state index in [1.54, 1.807) is 0 Å². The van der Waals surface area contributed by atoms with Crippen molar-refractivity contribution in [3.8, 4) is 0 Å². The van der Waals surface area contributed by atoms with Crippen molar-refractivity contribution in [2.75, 3.05) is 36.9 Å². The van der Waals surface area contributed by atoms with Crippen LogP contribution in [0, 0.1) is 0 Å². The number of aromatic amines is 1. The molecule has 2 aliphatic heterocycles. The van der Waals surface area contributed by atoms with Crippen molar-refractivity contribution in [2.45, 2.75) is 56.2 Å². The molecule has 1 aromatic carbocycles. The Balaban J connectivity index is 0.000000505. The maximum Gasteiger partial charge on any atom is 0.490 e. The van der Waals surface area contributed by atoms with Gasteiger partial charge < -0.3 is 20.5 Å². The number of rotatable bonds is 5. The van der Waals surface area contributed by atoms with Gasteiger partial charge in [-0.25, -0.2) is 4.79 Å². The van der Waals surface area contributed by atoms with Gasteiger partial charge in [0.05, 0.1) is 19.1 Å². The molecular weight excluding hydrogens is 546 g/mol. The van der Waals surface area contributed by atoms with E-state index in [1.165, 1.54) is 0 Å². The smallest absolute Gasteiger partial charge is 0.475 e. The van der Waals surface area contributed by atoms with Crippen molar-refractivity contribution in [1.29, 1.82) is 0 Å². The monoisotopic (exact) mass is 572 g/mol. The minimum Gasteiger partial charge on any atom is -0.475 e. The van der Waals surface area contributed by atoms with E-state index in [1.807, 2.05) is 24.3 Å². The number of hydrogen-bond acceptors (Lipinski definition) is 7. The number of aliphatic carboxylic acids is 1. The molecule has 0 spiro atoms. The molecule has 0 bridgehead atoms. The molecule has 2 fully saturated rings. The lowest BCUT2D eigenvalue weighted by molar-refractivity contribution is -0.192. The van der Waals surface area contributed by atoms with E-state index in [0.29, 0.717) is 17.4 Å². The normalized spacial score (nSPS) is 21.6. The molecule has 2 aromatic rings. The summed E-state index contributed by atoms with van der Waals surface area (Å²) in [6.45, 7) is 2.02. The number of halogens is 7. The molecule has 2 aliphatic rings. The van der Waals surface area contributed by atoms with Crippen LogP contribution in [0.5, 0.6) is 0 Å². The fourth-order valence-electron chi connectivity index (χ4n) is 4.49. The molecule has 2 saturated heterocycles. The highest BCUT2D eigenvalue weighted by Gasteiger charge is 2.40. The predicted molar refractivity (Wildman–Crippen MR) is 126 cm³/mol. The Hall–Kier alpha value is -2.78. The van der Waals surface area contributed by atoms with Crippen LogP contribution >= 0.6 is 11.6 Å². The topological polar surface area (TPSA) is 121 Å². The highest BCUT2D eigenvalue weighted by Crippen LogP contribution is 2.30. The van der Waals surface area contributed by atoms with Crippen molar-refractivity contribution < 1.29 is 41.0 Å². The fraction of sp³-hybridized carbons (Fsp3) is 0.591. The van der Waals surface area contributed by atoms with Crippen LogP contribution in [0.3, 0.4) is 0 Å². The van der Waals surface area contributed by atoms with Gasteiger partial charge in [-0.1, -0.05) is 23.7 Å². The van der Waals surface area contributed by atoms with Gasteiger partial charge in [0.2, 0.25) is 11.9 Å². The Morgan fingerprint density at radius 3 is 2.24 bits per heavy atom. The second-order valence-electron chi connectivity index (χ2n) is 9.01. The van der Waals surface area contributed by atoms with E-state index in [9.17, 15) is 26.3 Å². The third-order valence-corrected chi connectivity index (χ3v) is 6.47. The number of carbonyl (C=O) groups is 1. The number of carboxylic acids is 1. The van der Waals surface area contributed by atoms with Crippen LogP contribution < -0.4 is 10.6 Å². The van der Waals surface area contributed by atoms with Crippen molar-refractivity contribution in [1.82, 2.24) is 20.1 Å². The van der Waals surface area contributed by atoms with E-state index in [2.05, 4.69) is 25.0 Å². The lowest BCUT2D eigenvalue weighted by atomic mass is 9.96. The number of morpholine rings is 1. The zero-order valence-corrected chi connectivity index (χ0v) is 20.7. The number of nitrogens with two attached hydrogens (primary N) is 1. The molecule has 16 heteroatoms. The summed E-state index contributed by atoms with van der Waals surface area (Å²) in [5, 5.41) is 15.6. The first kappa shape index (κ1) is 29.8. The molecule has 38 heavy (non-hydrogen) atoms. The second kappa shape index (κ2) is 12.4. The molecule has 0 aliphatic carbocycles. The first-order valence-corrected chi connectivity index (χ1v) is 12.0. The van der Waals surface area contributed by atoms with Crippen molar-refractivity contribution in [3.05, 3.63) is 34.9 Å². The summed E-state index contributed by atoms with van der Waals surface area (Å²) in [4.78, 5) is 16.1. The van der Waals surface area contributed by atoms with Gasteiger partial charge >= 0.3 is 18.3 Å². The highest BCUT2D eigenvalue weighted by atomic mass is 35.5. The van der Waals surface area contributed by atoms with Gasteiger partial charge in [0, 0.05) is 36.7 Å². The number of nitrogens with one attached hydrogen (secondary N) is 1. The van der Waals surface area contributed by atoms with E-state index >= 15 is 0 Å². The number of hydrogen-bond donors (Lipinski definition) is 3. The van der Waals surface area contributed by atoms with E-state index in [4.69, 9.17) is 32.0 Å². The molecule has 0 radical (unpaired) electrons. The zero-order chi connectivity index (χ0) is 28.1. The van der Waals surface area contributed by atoms with E-state index < -0.39 is 30.8 Å². The number of piperidine rings is 1. The SMILES string of the molecule is Nc1nnc(N2CCC(N3C[C@H](CC(F)(F)F)OC[C@@H]3Cc3ccc(Cl)cc3)CC2)[nH]1.O=C(O)C(F)(F)F. The Morgan fingerprint density at radius 1 is 1.13 bits per heavy atom. The van der Waals surface area contributed by atoms with Crippen molar-refractivity contribution in [2.24, 2.45) is 0 Å². The highest BCUT2D eigenvalue weighted by molar-refractivity contribution is 6.30. The van der Waals surface area contributed by atoms with Gasteiger partial charge in [-0.15, -0.1) is 10.2 Å². The van der Waals surface area contributed by atoms with Crippen LogP contribution in [0.4, 0.5) is 38.2 Å². The van der Waals surface area contributed by atoms with Gasteiger partial charge in [0.1, 0.15) is 0 Å². The minimum atomic E-state index is -5.08. The molecular formula is C22H27ClF6N6O3. The number of alkyl halides is 6. The van der Waals surface area contributed by atoms with Crippen LogP contribution in [0.25, 0.3) is 0 Å². The number of H-pyrrole nitrogens is 1. The molecule has 9 nitrogen and oxygen atoms in total. The minimum absolute atomic E-state index is 0.0168. The third-order valence-electron chi connectivity index (χ3n) is 6.22. The van der Waals surface area contributed by atoms with Gasteiger partial charge in [0.25, 0.3) is 0 Å². The molecule has 1 aromatic heterocycles. The van der Waals surface area contributed by atoms with Crippen molar-refractivity contribution in [3.63, 3.8) is 0 Å². The lowest BCUT2D eigenvalue weighted by Crippen LogP contribution is -2.57. The molecule has 0 saturated carbocycles. The Morgan fingerprint density at radius 2 is 1.74 bits per heavy atom. The van der Waals surface area contributed by atoms with Gasteiger partial charge in [-0.05, 0) is 37.0 Å². The molecule has 4 rings (SSSR count). The first-order valence-electron chi connectivity index (χ1n) is 11.6. The largest absolute Gasteiger partial charge is 0.490 e. The van der Waals surface area contributed by atoms with Gasteiger partial charge in [-0.2, -0.15) is 26.3 Å². The van der Waals surface area contributed by atoms with Crippen LogP contribution in [-0.4, -0.2) is 87.9 Å². The quantitative estimate of drug-likeness (QED) is 0.461. The average molecular weight is 573 g/mol. The fourth-order valence-corrected chi connectivity index (χ4v) is 4.62. The molecule has 4 N–H and O–H groups in total. The predicted octanol–water partition coefficient (Wildman–Crippen LogP) is 3.91. The second-order valence-corrected chi connectivity index (χ2v) is 9.45. The number of nitrogen functional groups attached to an aromatic ring is 1. The molecule has 0 unspecified atom stereocenters. The number of carboxylic acid groups (broad SMARTS) is 1. The summed E-state index contributed by atoms with van der Waals surface area (Å²) in [5.74, 6) is -1.86. The molecule has 0 amide bonds. The lowest BCUT2D eigenvalue weighted by Gasteiger charge is -2.46. The summed E-state index contributed by atoms with van der Waals surface area (Å²) in [6, 6.07) is 7.77. The summed E-state index contributed by atoms with van der Waals surface area (Å²) >= 11 is 5.98. The van der Waals surface area contributed by atoms with Gasteiger partial charge in [-0.3, -0.25) is 9.88 Å². The van der Waals surface area contributed by atoms with Gasteiger partial charge in [0.15, 0.2) is 0 Å². The van der Waals surface area contributed by atoms with Crippen LogP contribution in [0.15, 0.2) is 24.3 Å². The number of ether oxygens (including phenoxy) is 1. The van der Waals surface area contributed by atoms with Crippen LogP contribution in [0.1, 0.15) is 24.8 Å². The van der Waals surface area contributed by atoms with Crippen LogP contribution in [-0.2, 0) is 16.0 Å². The molecule has 212 valence electrons. The summed E-state index contributed by atoms with van der Waals surface area (Å²) in [6.07, 6.45) is -8.75. The first-order chi connectivity index (χ1) is 17.7. The number of benzene rings is 1. The van der Waals surface area contributed by atoms with Crippen molar-refractivity contribution >= 4 is 29.5 Å². The maximum absolute atomic E-state index is 13.0. The summed E-state index contributed by atoms with van der Waals surface area (Å²) in [7, 11) is 0. The number of nitrogens with zero attached hydrogens (tertiary/aromatic N) is 4. The molecule has 2 atom stereocenters. The zero-order valence-electron chi connectivity index (χ0n) is 20.0. The number of anilines is 2. The Bertz CT molecular complexity index is 1040. The maximum atomic E-state index is 13.0. The summed E-state index contributed by atoms with van der Waals surface area (Å²) in [5.41, 5.74) is 6.71. The number of aromatic nitrogens is 3. The van der Waals surface area contributed by atoms with Crippen LogP contribution in [0.2, 0.25) is 5.02 Å². The Kier molecular flexibility index (Phi) is 9.70. The van der Waals surface area contributed by atoms with E-state index in [-0.39, 0.29) is 31.2 Å². The third kappa shape index (κ3) is 8.91.